The van der Waals surface area contributed by atoms with Gasteiger partial charge in [0.2, 0.25) is 15.9 Å². The second-order valence-electron chi connectivity index (χ2n) is 6.19. The van der Waals surface area contributed by atoms with Gasteiger partial charge in [0.15, 0.2) is 0 Å². The first-order valence-corrected chi connectivity index (χ1v) is 10.6. The highest BCUT2D eigenvalue weighted by atomic mass is 35.5. The van der Waals surface area contributed by atoms with E-state index in [1.165, 1.54) is 11.6 Å². The van der Waals surface area contributed by atoms with Crippen LogP contribution in [0.5, 0.6) is 5.75 Å². The normalized spacial score (nSPS) is 11.1. The number of carbonyl (C=O) groups is 1. The fraction of sp³-hybridized carbons (Fsp3) is 0.316. The molecule has 27 heavy (non-hydrogen) atoms. The van der Waals surface area contributed by atoms with Gasteiger partial charge >= 0.3 is 0 Å². The molecular formula is C19H23ClN2O4S. The van der Waals surface area contributed by atoms with Crippen LogP contribution in [0.25, 0.3) is 0 Å². The van der Waals surface area contributed by atoms with Gasteiger partial charge in [-0.2, -0.15) is 0 Å². The Kier molecular flexibility index (Phi) is 7.10. The lowest BCUT2D eigenvalue weighted by Crippen LogP contribution is -2.41. The molecule has 0 aliphatic rings. The molecule has 0 spiro atoms. The van der Waals surface area contributed by atoms with Crippen LogP contribution < -0.4 is 14.4 Å². The van der Waals surface area contributed by atoms with Crippen LogP contribution in [0.4, 0.5) is 5.69 Å². The van der Waals surface area contributed by atoms with Crippen molar-refractivity contribution in [3.8, 4) is 5.75 Å². The Bertz CT molecular complexity index is 916. The van der Waals surface area contributed by atoms with Crippen LogP contribution in [0, 0.1) is 13.8 Å². The average Bonchev–Trinajstić information content (AvgIpc) is 2.58. The van der Waals surface area contributed by atoms with Crippen molar-refractivity contribution in [1.29, 1.82) is 0 Å². The Labute approximate surface area is 165 Å². The average molecular weight is 411 g/mol. The molecule has 2 rings (SSSR count). The van der Waals surface area contributed by atoms with Crippen LogP contribution in [-0.4, -0.2) is 40.3 Å². The molecular weight excluding hydrogens is 388 g/mol. The van der Waals surface area contributed by atoms with Gasteiger partial charge in [-0.05, 0) is 55.3 Å². The van der Waals surface area contributed by atoms with E-state index in [9.17, 15) is 13.2 Å². The van der Waals surface area contributed by atoms with Gasteiger partial charge in [-0.1, -0.05) is 23.7 Å². The second-order valence-corrected chi connectivity index (χ2v) is 8.54. The van der Waals surface area contributed by atoms with E-state index >= 15 is 0 Å². The van der Waals surface area contributed by atoms with Crippen molar-refractivity contribution in [2.45, 2.75) is 13.8 Å². The summed E-state index contributed by atoms with van der Waals surface area (Å²) in [6.45, 7) is 4.23. The summed E-state index contributed by atoms with van der Waals surface area (Å²) in [5.74, 6) is 0.299. The number of halogens is 1. The van der Waals surface area contributed by atoms with Crippen LogP contribution >= 0.6 is 11.6 Å². The number of hydrogen-bond acceptors (Lipinski definition) is 4. The van der Waals surface area contributed by atoms with Gasteiger partial charge in [-0.3, -0.25) is 9.10 Å². The Morgan fingerprint density at radius 1 is 1.15 bits per heavy atom. The largest absolute Gasteiger partial charge is 0.492 e. The van der Waals surface area contributed by atoms with Crippen LogP contribution in [0.2, 0.25) is 5.02 Å². The lowest BCUT2D eigenvalue weighted by atomic mass is 10.1. The number of amides is 1. The van der Waals surface area contributed by atoms with Crippen LogP contribution in [0.3, 0.4) is 0 Å². The minimum Gasteiger partial charge on any atom is -0.492 e. The third-order valence-electron chi connectivity index (χ3n) is 3.96. The van der Waals surface area contributed by atoms with Crippen LogP contribution in [-0.2, 0) is 14.8 Å². The van der Waals surface area contributed by atoms with Crippen molar-refractivity contribution in [1.82, 2.24) is 5.32 Å². The van der Waals surface area contributed by atoms with Gasteiger partial charge in [0.25, 0.3) is 0 Å². The third kappa shape index (κ3) is 6.45. The van der Waals surface area contributed by atoms with Gasteiger partial charge in [0, 0.05) is 5.02 Å². The zero-order valence-electron chi connectivity index (χ0n) is 15.5. The van der Waals surface area contributed by atoms with E-state index in [0.29, 0.717) is 10.7 Å². The number of anilines is 1. The third-order valence-corrected chi connectivity index (χ3v) is 5.33. The van der Waals surface area contributed by atoms with Crippen LogP contribution in [0.1, 0.15) is 11.1 Å². The highest BCUT2D eigenvalue weighted by Crippen LogP contribution is 2.21. The number of hydrogen-bond donors (Lipinski definition) is 1. The van der Waals surface area contributed by atoms with Gasteiger partial charge in [0.05, 0.1) is 18.5 Å². The number of nitrogens with zero attached hydrogens (tertiary/aromatic N) is 1. The van der Waals surface area contributed by atoms with E-state index in [4.69, 9.17) is 16.3 Å². The molecule has 0 heterocycles. The summed E-state index contributed by atoms with van der Waals surface area (Å²) in [5, 5.41) is 3.05. The molecule has 0 atom stereocenters. The van der Waals surface area contributed by atoms with Crippen molar-refractivity contribution in [3.63, 3.8) is 0 Å². The topological polar surface area (TPSA) is 75.7 Å². The number of aryl methyl sites for hydroxylation is 2. The molecule has 0 aliphatic carbocycles. The maximum absolute atomic E-state index is 12.2. The first kappa shape index (κ1) is 21.1. The SMILES string of the molecule is Cc1ccc(OCCNC(=O)CN(c2cccc(Cl)c2)S(C)(=O)=O)cc1C. The Morgan fingerprint density at radius 3 is 2.52 bits per heavy atom. The monoisotopic (exact) mass is 410 g/mol. The fourth-order valence-corrected chi connectivity index (χ4v) is 3.41. The molecule has 0 unspecified atom stereocenters. The lowest BCUT2D eigenvalue weighted by Gasteiger charge is -2.22. The molecule has 0 aromatic heterocycles. The molecule has 6 nitrogen and oxygen atoms in total. The summed E-state index contributed by atoms with van der Waals surface area (Å²) in [7, 11) is -3.63. The fourth-order valence-electron chi connectivity index (χ4n) is 2.38. The minimum absolute atomic E-state index is 0.263. The molecule has 0 bridgehead atoms. The zero-order valence-corrected chi connectivity index (χ0v) is 17.1. The summed E-state index contributed by atoms with van der Waals surface area (Å²) < 4.78 is 30.7. The molecule has 0 aliphatic heterocycles. The summed E-state index contributed by atoms with van der Waals surface area (Å²) in [6, 6.07) is 12.1. The highest BCUT2D eigenvalue weighted by Gasteiger charge is 2.20. The molecule has 2 aromatic carbocycles. The summed E-state index contributed by atoms with van der Waals surface area (Å²) >= 11 is 5.92. The van der Waals surface area contributed by atoms with E-state index in [1.54, 1.807) is 18.2 Å². The van der Waals surface area contributed by atoms with E-state index < -0.39 is 15.9 Å². The molecule has 1 N–H and O–H groups in total. The standard InChI is InChI=1S/C19H23ClN2O4S/c1-14-7-8-18(11-15(14)2)26-10-9-21-19(23)13-22(27(3,24)25)17-6-4-5-16(20)12-17/h4-8,11-12H,9-10,13H2,1-3H3,(H,21,23). The predicted octanol–water partition coefficient (Wildman–Crippen LogP) is 2.92. The Morgan fingerprint density at radius 2 is 1.89 bits per heavy atom. The number of ether oxygens (including phenoxy) is 1. The first-order valence-electron chi connectivity index (χ1n) is 8.37. The Balaban J connectivity index is 1.89. The first-order chi connectivity index (χ1) is 12.7. The number of carbonyl (C=O) groups excluding carboxylic acids is 1. The quantitative estimate of drug-likeness (QED) is 0.679. The van der Waals surface area contributed by atoms with E-state index in [2.05, 4.69) is 5.32 Å². The van der Waals surface area contributed by atoms with Gasteiger partial charge in [0.1, 0.15) is 18.9 Å². The number of nitrogens with one attached hydrogen (secondary N) is 1. The van der Waals surface area contributed by atoms with Crippen molar-refractivity contribution >= 4 is 33.2 Å². The molecule has 0 radical (unpaired) electrons. The van der Waals surface area contributed by atoms with Gasteiger partial charge in [-0.25, -0.2) is 8.42 Å². The van der Waals surface area contributed by atoms with E-state index in [-0.39, 0.29) is 19.7 Å². The number of benzene rings is 2. The van der Waals surface area contributed by atoms with Crippen molar-refractivity contribution in [2.24, 2.45) is 0 Å². The summed E-state index contributed by atoms with van der Waals surface area (Å²) in [4.78, 5) is 12.2. The smallest absolute Gasteiger partial charge is 0.240 e. The molecule has 0 fully saturated rings. The van der Waals surface area contributed by atoms with Crippen molar-refractivity contribution < 1.29 is 17.9 Å². The maximum atomic E-state index is 12.2. The maximum Gasteiger partial charge on any atom is 0.240 e. The van der Waals surface area contributed by atoms with E-state index in [1.807, 2.05) is 32.0 Å². The molecule has 0 saturated carbocycles. The van der Waals surface area contributed by atoms with Gasteiger partial charge in [-0.15, -0.1) is 0 Å². The molecule has 1 amide bonds. The highest BCUT2D eigenvalue weighted by molar-refractivity contribution is 7.92. The number of sulfonamides is 1. The summed E-state index contributed by atoms with van der Waals surface area (Å²) in [6.07, 6.45) is 1.05. The molecule has 0 saturated heterocycles. The molecule has 146 valence electrons. The van der Waals surface area contributed by atoms with Crippen molar-refractivity contribution in [2.75, 3.05) is 30.3 Å². The van der Waals surface area contributed by atoms with Gasteiger partial charge < -0.3 is 10.1 Å². The zero-order chi connectivity index (χ0) is 20.0. The predicted molar refractivity (Wildman–Crippen MR) is 108 cm³/mol. The molecule has 8 heteroatoms. The molecule has 2 aromatic rings. The summed E-state index contributed by atoms with van der Waals surface area (Å²) in [5.41, 5.74) is 2.64. The Hall–Kier alpha value is -2.25. The minimum atomic E-state index is -3.63. The lowest BCUT2D eigenvalue weighted by molar-refractivity contribution is -0.119. The number of rotatable bonds is 8. The van der Waals surface area contributed by atoms with E-state index in [0.717, 1.165) is 21.9 Å². The second kappa shape index (κ2) is 9.10. The van der Waals surface area contributed by atoms with Crippen LogP contribution in [0.15, 0.2) is 42.5 Å². The van der Waals surface area contributed by atoms with Crippen molar-refractivity contribution in [3.05, 3.63) is 58.6 Å².